The summed E-state index contributed by atoms with van der Waals surface area (Å²) in [7, 11) is 0. The summed E-state index contributed by atoms with van der Waals surface area (Å²) < 4.78 is 14.3. The molecular formula is C38H48O4. The fourth-order valence-electron chi connectivity index (χ4n) is 9.91. The third-order valence-corrected chi connectivity index (χ3v) is 13.2. The molecule has 0 saturated heterocycles. The molecule has 1 aliphatic heterocycles. The molecule has 0 bridgehead atoms. The topological polar surface area (TPSA) is 58.9 Å². The van der Waals surface area contributed by atoms with Crippen LogP contribution in [0.1, 0.15) is 112 Å². The van der Waals surface area contributed by atoms with Gasteiger partial charge in [0.15, 0.2) is 29.1 Å². The number of hydrogen-bond acceptors (Lipinski definition) is 4. The van der Waals surface area contributed by atoms with Crippen molar-refractivity contribution in [1.29, 1.82) is 0 Å². The Labute approximate surface area is 251 Å². The van der Waals surface area contributed by atoms with E-state index in [2.05, 4.69) is 66.0 Å². The number of hydrogen-bond donors (Lipinski definition) is 2. The van der Waals surface area contributed by atoms with Crippen LogP contribution < -0.4 is 9.47 Å². The van der Waals surface area contributed by atoms with Crippen LogP contribution in [0.15, 0.2) is 37.4 Å². The van der Waals surface area contributed by atoms with Gasteiger partial charge in [-0.25, -0.2) is 0 Å². The first-order valence-electron chi connectivity index (χ1n) is 16.1. The van der Waals surface area contributed by atoms with E-state index in [1.807, 2.05) is 6.92 Å². The smallest absolute Gasteiger partial charge is 0.165 e. The second-order valence-electron chi connectivity index (χ2n) is 15.6. The molecule has 2 N–H and O–H groups in total. The van der Waals surface area contributed by atoms with Gasteiger partial charge in [-0.2, -0.15) is 0 Å². The molecule has 4 aliphatic carbocycles. The van der Waals surface area contributed by atoms with Crippen molar-refractivity contribution in [3.63, 3.8) is 0 Å². The Balaban J connectivity index is 1.38. The van der Waals surface area contributed by atoms with Crippen LogP contribution in [-0.4, -0.2) is 16.3 Å². The summed E-state index contributed by atoms with van der Waals surface area (Å²) in [6, 6.07) is 4.15. The van der Waals surface area contributed by atoms with Crippen molar-refractivity contribution in [2.75, 3.05) is 0 Å². The van der Waals surface area contributed by atoms with Crippen molar-refractivity contribution in [1.82, 2.24) is 0 Å². The summed E-state index contributed by atoms with van der Waals surface area (Å²) >= 11 is 0. The summed E-state index contributed by atoms with van der Waals surface area (Å²) in [5, 5.41) is 21.7. The third-order valence-electron chi connectivity index (χ3n) is 13.2. The van der Waals surface area contributed by atoms with Gasteiger partial charge in [0, 0.05) is 17.0 Å². The molecule has 0 unspecified atom stereocenters. The van der Waals surface area contributed by atoms with E-state index < -0.39 is 0 Å². The Bertz CT molecular complexity index is 1520. The number of fused-ring (bicyclic) bond motifs is 10. The van der Waals surface area contributed by atoms with E-state index in [9.17, 15) is 10.2 Å². The van der Waals surface area contributed by atoms with Gasteiger partial charge >= 0.3 is 0 Å². The monoisotopic (exact) mass is 568 g/mol. The standard InChI is InChI=1S/C38H48O4/c1-9-35(5)13-15-37(7)23(19-35)11-12-24-21(3)32-29(18-25(24)37)41-33-27-20-36(6,10-2)14-16-38(27,8)26-17-28(39)31(40)22(4)30(26)34(33)42-32/h9-10,17-18,23,27,33-34,39-40H,1-2,11-16,19-20H2,3-8H3/t23-,27+,33+,34+,35-,36-,37-,38+/m1/s1. The molecule has 7 rings (SSSR count). The van der Waals surface area contributed by atoms with E-state index in [4.69, 9.17) is 9.47 Å². The predicted octanol–water partition coefficient (Wildman–Crippen LogP) is 9.06. The van der Waals surface area contributed by atoms with Crippen molar-refractivity contribution >= 4 is 0 Å². The Morgan fingerprint density at radius 2 is 1.50 bits per heavy atom. The number of allylic oxidation sites excluding steroid dienone is 2. The molecule has 1 heterocycles. The quantitative estimate of drug-likeness (QED) is 0.280. The lowest BCUT2D eigenvalue weighted by atomic mass is 9.51. The van der Waals surface area contributed by atoms with E-state index >= 15 is 0 Å². The molecule has 2 aromatic rings. The van der Waals surface area contributed by atoms with Gasteiger partial charge in [0.1, 0.15) is 6.10 Å². The molecule has 0 radical (unpaired) electrons. The molecule has 2 saturated carbocycles. The lowest BCUT2D eigenvalue weighted by Crippen LogP contribution is -2.56. The van der Waals surface area contributed by atoms with Crippen LogP contribution in [0.25, 0.3) is 0 Å². The zero-order valence-corrected chi connectivity index (χ0v) is 26.4. The maximum Gasteiger partial charge on any atom is 0.165 e. The first kappa shape index (κ1) is 27.9. The number of phenols is 2. The molecule has 224 valence electrons. The Hall–Kier alpha value is -2.88. The fraction of sp³-hybridized carbons (Fsp3) is 0.579. The van der Waals surface area contributed by atoms with Gasteiger partial charge in [-0.05, 0) is 127 Å². The fourth-order valence-corrected chi connectivity index (χ4v) is 9.91. The van der Waals surface area contributed by atoms with E-state index in [0.29, 0.717) is 11.5 Å². The van der Waals surface area contributed by atoms with Crippen LogP contribution >= 0.6 is 0 Å². The summed E-state index contributed by atoms with van der Waals surface area (Å²) in [6.07, 6.45) is 12.4. The molecule has 42 heavy (non-hydrogen) atoms. The van der Waals surface area contributed by atoms with Gasteiger partial charge in [0.2, 0.25) is 0 Å². The maximum atomic E-state index is 10.9. The van der Waals surface area contributed by atoms with Crippen LogP contribution in [0, 0.1) is 36.5 Å². The van der Waals surface area contributed by atoms with E-state index in [1.165, 1.54) is 29.5 Å². The molecule has 0 spiro atoms. The highest BCUT2D eigenvalue weighted by atomic mass is 16.6. The number of rotatable bonds is 2. The zero-order valence-electron chi connectivity index (χ0n) is 26.4. The average molecular weight is 569 g/mol. The molecule has 5 aliphatic rings. The summed E-state index contributed by atoms with van der Waals surface area (Å²) in [6.45, 7) is 22.0. The molecule has 2 fully saturated rings. The van der Waals surface area contributed by atoms with Crippen LogP contribution in [0.4, 0.5) is 0 Å². The SMILES string of the molecule is C=C[C@]1(C)CC[C@@]2(C)c3cc4c(c(C)c3CC[C@@H]2C1)O[C@H]1c2c(cc(O)c(O)c2C)[C@]2(C)CC[C@@](C)(C=C)C[C@H]2[C@@H]1O4. The van der Waals surface area contributed by atoms with Gasteiger partial charge < -0.3 is 19.7 Å². The minimum Gasteiger partial charge on any atom is -0.504 e. The zero-order chi connectivity index (χ0) is 30.0. The Kier molecular flexibility index (Phi) is 5.87. The first-order valence-corrected chi connectivity index (χ1v) is 16.1. The van der Waals surface area contributed by atoms with Crippen molar-refractivity contribution in [2.24, 2.45) is 22.7 Å². The average Bonchev–Trinajstić information content (AvgIpc) is 2.97. The van der Waals surface area contributed by atoms with Crippen molar-refractivity contribution in [3.05, 3.63) is 70.8 Å². The van der Waals surface area contributed by atoms with Crippen molar-refractivity contribution < 1.29 is 19.7 Å². The van der Waals surface area contributed by atoms with Crippen LogP contribution in [0.2, 0.25) is 0 Å². The highest BCUT2D eigenvalue weighted by Gasteiger charge is 2.58. The maximum absolute atomic E-state index is 10.9. The normalized spacial score (nSPS) is 39.6. The molecule has 2 aromatic carbocycles. The van der Waals surface area contributed by atoms with E-state index in [-0.39, 0.29) is 51.3 Å². The number of ether oxygens (including phenoxy) is 2. The van der Waals surface area contributed by atoms with Crippen LogP contribution in [0.5, 0.6) is 23.0 Å². The molecule has 0 amide bonds. The molecule has 8 atom stereocenters. The third kappa shape index (κ3) is 3.59. The molecule has 4 heteroatoms. The van der Waals surface area contributed by atoms with Crippen molar-refractivity contribution in [3.8, 4) is 23.0 Å². The van der Waals surface area contributed by atoms with Gasteiger partial charge in [-0.3, -0.25) is 0 Å². The lowest BCUT2D eigenvalue weighted by molar-refractivity contribution is -0.0775. The van der Waals surface area contributed by atoms with Gasteiger partial charge in [-0.15, -0.1) is 13.2 Å². The van der Waals surface area contributed by atoms with E-state index in [1.54, 1.807) is 6.07 Å². The second-order valence-corrected chi connectivity index (χ2v) is 15.6. The first-order chi connectivity index (χ1) is 19.8. The Morgan fingerprint density at radius 3 is 2.19 bits per heavy atom. The molecule has 0 aromatic heterocycles. The highest BCUT2D eigenvalue weighted by molar-refractivity contribution is 5.62. The Morgan fingerprint density at radius 1 is 0.833 bits per heavy atom. The van der Waals surface area contributed by atoms with Crippen LogP contribution in [0.3, 0.4) is 0 Å². The highest BCUT2D eigenvalue weighted by Crippen LogP contribution is 2.64. The molecular weight excluding hydrogens is 520 g/mol. The number of phenolic OH excluding ortho intramolecular Hbond substituents is 2. The number of aromatic hydroxyl groups is 2. The van der Waals surface area contributed by atoms with Gasteiger partial charge in [-0.1, -0.05) is 39.8 Å². The molecule has 4 nitrogen and oxygen atoms in total. The minimum atomic E-state index is -0.351. The van der Waals surface area contributed by atoms with Crippen molar-refractivity contribution in [2.45, 2.75) is 116 Å². The van der Waals surface area contributed by atoms with Gasteiger partial charge in [0.25, 0.3) is 0 Å². The van der Waals surface area contributed by atoms with E-state index in [0.717, 1.165) is 61.2 Å². The predicted molar refractivity (Wildman–Crippen MR) is 168 cm³/mol. The second kappa shape index (κ2) is 8.83. The summed E-state index contributed by atoms with van der Waals surface area (Å²) in [5.74, 6) is 2.43. The lowest BCUT2D eigenvalue weighted by Gasteiger charge is -2.57. The van der Waals surface area contributed by atoms with Gasteiger partial charge in [0.05, 0.1) is 0 Å². The largest absolute Gasteiger partial charge is 0.504 e. The number of benzene rings is 2. The minimum absolute atomic E-state index is 0.0102. The van der Waals surface area contributed by atoms with Crippen LogP contribution in [-0.2, 0) is 17.3 Å². The summed E-state index contributed by atoms with van der Waals surface area (Å²) in [4.78, 5) is 0. The summed E-state index contributed by atoms with van der Waals surface area (Å²) in [5.41, 5.74) is 7.00.